The summed E-state index contributed by atoms with van der Waals surface area (Å²) in [6, 6.07) is 0. The van der Waals surface area contributed by atoms with Crippen molar-refractivity contribution in [1.82, 2.24) is 0 Å². The maximum atomic E-state index is 9.92. The maximum absolute atomic E-state index is 9.92. The summed E-state index contributed by atoms with van der Waals surface area (Å²) in [5.74, 6) is 0. The van der Waals surface area contributed by atoms with Gasteiger partial charge in [0.1, 0.15) is 0 Å². The largest absolute Gasteiger partial charge is 0.502 e. The van der Waals surface area contributed by atoms with Crippen molar-refractivity contribution in [2.24, 2.45) is 0 Å². The van der Waals surface area contributed by atoms with Crippen molar-refractivity contribution in [1.29, 1.82) is 0 Å². The fraction of sp³-hybridized carbons (Fsp3) is 0.692. The van der Waals surface area contributed by atoms with E-state index < -0.39 is 8.07 Å². The van der Waals surface area contributed by atoms with Gasteiger partial charge in [0, 0.05) is 0 Å². The van der Waals surface area contributed by atoms with Gasteiger partial charge in [-0.2, -0.15) is 0 Å². The average molecular weight is 242 g/mol. The molecular weight excluding hydrogens is 216 g/mol. The van der Waals surface area contributed by atoms with Gasteiger partial charge in [-0.1, -0.05) is 32.3 Å². The van der Waals surface area contributed by atoms with E-state index in [1.807, 2.05) is 19.9 Å². The molecule has 0 fully saturated rings. The molecule has 0 aliphatic rings. The van der Waals surface area contributed by atoms with Gasteiger partial charge in [0.2, 0.25) is 0 Å². The van der Waals surface area contributed by atoms with E-state index in [1.165, 1.54) is 0 Å². The van der Waals surface area contributed by atoms with Crippen LogP contribution >= 0.6 is 0 Å². The SMILES string of the molecule is CCO/C=C/C/C(=C/[Si](C)(C)C)C(O)CC. The number of hydrogen-bond donors (Lipinski definition) is 1. The van der Waals surface area contributed by atoms with E-state index in [1.54, 1.807) is 6.26 Å². The molecule has 0 aromatic carbocycles. The van der Waals surface area contributed by atoms with Crippen molar-refractivity contribution in [3.05, 3.63) is 23.6 Å². The number of ether oxygens (including phenoxy) is 1. The molecule has 0 aliphatic carbocycles. The lowest BCUT2D eigenvalue weighted by Crippen LogP contribution is -2.20. The molecule has 0 saturated heterocycles. The van der Waals surface area contributed by atoms with Crippen LogP contribution < -0.4 is 0 Å². The van der Waals surface area contributed by atoms with Gasteiger partial charge in [-0.15, -0.1) is 0 Å². The molecule has 0 heterocycles. The normalized spacial score (nSPS) is 15.5. The molecule has 0 saturated carbocycles. The van der Waals surface area contributed by atoms with Crippen LogP contribution in [0.3, 0.4) is 0 Å². The molecule has 0 radical (unpaired) electrons. The Morgan fingerprint density at radius 3 is 2.38 bits per heavy atom. The van der Waals surface area contributed by atoms with Gasteiger partial charge < -0.3 is 9.84 Å². The number of rotatable bonds is 7. The number of hydrogen-bond acceptors (Lipinski definition) is 2. The van der Waals surface area contributed by atoms with Gasteiger partial charge in [0.25, 0.3) is 0 Å². The van der Waals surface area contributed by atoms with Crippen molar-refractivity contribution in [2.75, 3.05) is 6.61 Å². The Balaban J connectivity index is 4.51. The van der Waals surface area contributed by atoms with Crippen LogP contribution in [-0.2, 0) is 4.74 Å². The highest BCUT2D eigenvalue weighted by atomic mass is 28.3. The molecule has 0 bridgehead atoms. The first-order valence-corrected chi connectivity index (χ1v) is 9.64. The van der Waals surface area contributed by atoms with Crippen molar-refractivity contribution in [3.8, 4) is 0 Å². The minimum absolute atomic E-state index is 0.307. The monoisotopic (exact) mass is 242 g/mol. The highest BCUT2D eigenvalue weighted by molar-refractivity contribution is 6.81. The topological polar surface area (TPSA) is 29.5 Å². The van der Waals surface area contributed by atoms with Crippen LogP contribution in [0.4, 0.5) is 0 Å². The Morgan fingerprint density at radius 1 is 1.31 bits per heavy atom. The first-order chi connectivity index (χ1) is 7.40. The molecule has 0 aromatic rings. The van der Waals surface area contributed by atoms with Gasteiger partial charge in [0.05, 0.1) is 27.0 Å². The molecule has 1 atom stereocenters. The minimum Gasteiger partial charge on any atom is -0.502 e. The van der Waals surface area contributed by atoms with Crippen LogP contribution in [0.25, 0.3) is 0 Å². The van der Waals surface area contributed by atoms with E-state index >= 15 is 0 Å². The second-order valence-electron chi connectivity index (χ2n) is 5.04. The first-order valence-electron chi connectivity index (χ1n) is 6.07. The lowest BCUT2D eigenvalue weighted by Gasteiger charge is -2.17. The first kappa shape index (κ1) is 15.5. The standard InChI is InChI=1S/C13H26O2Si/c1-6-13(14)12(11-16(3,4)5)9-8-10-15-7-2/h8,10-11,13-14H,6-7,9H2,1-5H3/b10-8+,12-11-. The number of aliphatic hydroxyl groups is 1. The summed E-state index contributed by atoms with van der Waals surface area (Å²) in [4.78, 5) is 0. The molecule has 0 spiro atoms. The predicted octanol–water partition coefficient (Wildman–Crippen LogP) is 3.50. The third kappa shape index (κ3) is 7.71. The van der Waals surface area contributed by atoms with Crippen LogP contribution in [0.2, 0.25) is 19.6 Å². The Labute approximate surface area is 101 Å². The molecule has 1 N–H and O–H groups in total. The number of allylic oxidation sites excluding steroid dienone is 1. The van der Waals surface area contributed by atoms with Crippen LogP contribution in [0.15, 0.2) is 23.6 Å². The molecular formula is C13H26O2Si. The molecule has 94 valence electrons. The second kappa shape index (κ2) is 7.69. The molecule has 1 unspecified atom stereocenters. The minimum atomic E-state index is -1.26. The average Bonchev–Trinajstić information content (AvgIpc) is 2.19. The summed E-state index contributed by atoms with van der Waals surface area (Å²) >= 11 is 0. The Kier molecular flexibility index (Phi) is 7.42. The zero-order valence-electron chi connectivity index (χ0n) is 11.3. The van der Waals surface area contributed by atoms with Crippen molar-refractivity contribution in [3.63, 3.8) is 0 Å². The molecule has 3 heteroatoms. The molecule has 16 heavy (non-hydrogen) atoms. The van der Waals surface area contributed by atoms with Crippen molar-refractivity contribution >= 4 is 8.07 Å². The smallest absolute Gasteiger partial charge is 0.0845 e. The number of aliphatic hydroxyl groups excluding tert-OH is 1. The van der Waals surface area contributed by atoms with Gasteiger partial charge >= 0.3 is 0 Å². The predicted molar refractivity (Wildman–Crippen MR) is 73.1 cm³/mol. The zero-order valence-corrected chi connectivity index (χ0v) is 12.3. The van der Waals surface area contributed by atoms with Gasteiger partial charge in [-0.3, -0.25) is 0 Å². The third-order valence-corrected chi connectivity index (χ3v) is 3.38. The second-order valence-corrected chi connectivity index (χ2v) is 10.1. The highest BCUT2D eigenvalue weighted by Gasteiger charge is 2.14. The Hall–Kier alpha value is -0.543. The van der Waals surface area contributed by atoms with Crippen LogP contribution in [0.5, 0.6) is 0 Å². The summed E-state index contributed by atoms with van der Waals surface area (Å²) in [5.41, 5.74) is 3.43. The third-order valence-electron chi connectivity index (χ3n) is 2.15. The lowest BCUT2D eigenvalue weighted by atomic mass is 10.1. The Morgan fingerprint density at radius 2 is 1.94 bits per heavy atom. The van der Waals surface area contributed by atoms with Crippen LogP contribution in [-0.4, -0.2) is 25.9 Å². The van der Waals surface area contributed by atoms with Gasteiger partial charge in [-0.25, -0.2) is 0 Å². The van der Waals surface area contributed by atoms with E-state index in [0.29, 0.717) is 6.61 Å². The van der Waals surface area contributed by atoms with Crippen LogP contribution in [0.1, 0.15) is 26.7 Å². The van der Waals surface area contributed by atoms with Crippen molar-refractivity contribution in [2.45, 2.75) is 52.4 Å². The molecule has 0 rings (SSSR count). The highest BCUT2D eigenvalue weighted by Crippen LogP contribution is 2.16. The molecule has 0 aliphatic heterocycles. The molecule has 2 nitrogen and oxygen atoms in total. The Bertz CT molecular complexity index is 239. The summed E-state index contributed by atoms with van der Waals surface area (Å²) in [7, 11) is -1.26. The lowest BCUT2D eigenvalue weighted by molar-refractivity contribution is 0.204. The quantitative estimate of drug-likeness (QED) is 0.547. The van der Waals surface area contributed by atoms with E-state index in [-0.39, 0.29) is 6.10 Å². The zero-order chi connectivity index (χ0) is 12.6. The van der Waals surface area contributed by atoms with Gasteiger partial charge in [0.15, 0.2) is 0 Å². The van der Waals surface area contributed by atoms with Gasteiger partial charge in [-0.05, 0) is 31.4 Å². The van der Waals surface area contributed by atoms with E-state index in [0.717, 1.165) is 18.4 Å². The van der Waals surface area contributed by atoms with E-state index in [2.05, 4.69) is 25.3 Å². The fourth-order valence-electron chi connectivity index (χ4n) is 1.46. The fourth-order valence-corrected chi connectivity index (χ4v) is 2.88. The van der Waals surface area contributed by atoms with E-state index in [9.17, 15) is 5.11 Å². The maximum Gasteiger partial charge on any atom is 0.0845 e. The summed E-state index contributed by atoms with van der Waals surface area (Å²) in [5, 5.41) is 9.92. The molecule has 0 amide bonds. The van der Waals surface area contributed by atoms with E-state index in [4.69, 9.17) is 4.74 Å². The summed E-state index contributed by atoms with van der Waals surface area (Å²) < 4.78 is 5.15. The van der Waals surface area contributed by atoms with Crippen molar-refractivity contribution < 1.29 is 9.84 Å². The van der Waals surface area contributed by atoms with Crippen LogP contribution in [0, 0.1) is 0 Å². The summed E-state index contributed by atoms with van der Waals surface area (Å²) in [6.45, 7) is 11.5. The molecule has 0 aromatic heterocycles. The summed E-state index contributed by atoms with van der Waals surface area (Å²) in [6.07, 6.45) is 4.96.